The first-order valence-corrected chi connectivity index (χ1v) is 12.5. The molecule has 0 bridgehead atoms. The van der Waals surface area contributed by atoms with Gasteiger partial charge in [0.05, 0.1) is 34.3 Å². The van der Waals surface area contributed by atoms with Gasteiger partial charge in [-0.05, 0) is 49.4 Å². The lowest BCUT2D eigenvalue weighted by molar-refractivity contribution is -0.113. The number of ether oxygens (including phenoxy) is 1. The smallest absolute Gasteiger partial charge is 0.263 e. The Kier molecular flexibility index (Phi) is 7.23. The number of thiophene rings is 1. The number of hydrogen-bond acceptors (Lipinski definition) is 6. The molecule has 1 N–H and O–H groups in total. The summed E-state index contributed by atoms with van der Waals surface area (Å²) in [5, 5.41) is 4.85. The number of aryl methyl sites for hydroxylation is 2. The van der Waals surface area contributed by atoms with E-state index in [0.29, 0.717) is 34.0 Å². The van der Waals surface area contributed by atoms with E-state index in [1.807, 2.05) is 0 Å². The standard InChI is InChI=1S/C21H21Cl2N3O3S2/c1-29-9-8-26-20(28)18-13-4-2-3-5-16(13)31-19(18)25-21(26)30-11-17(27)24-12-6-7-14(22)15(23)10-12/h6-7,10H,2-5,8-9,11H2,1H3,(H,24,27). The van der Waals surface area contributed by atoms with Gasteiger partial charge in [0, 0.05) is 17.7 Å². The third kappa shape index (κ3) is 4.93. The van der Waals surface area contributed by atoms with Crippen LogP contribution in [0, 0.1) is 0 Å². The van der Waals surface area contributed by atoms with Crippen molar-refractivity contribution in [3.8, 4) is 0 Å². The molecule has 0 unspecified atom stereocenters. The fourth-order valence-electron chi connectivity index (χ4n) is 3.61. The Bertz CT molecular complexity index is 1190. The van der Waals surface area contributed by atoms with E-state index >= 15 is 0 Å². The summed E-state index contributed by atoms with van der Waals surface area (Å²) < 4.78 is 6.82. The number of methoxy groups -OCH3 is 1. The number of hydrogen-bond donors (Lipinski definition) is 1. The summed E-state index contributed by atoms with van der Waals surface area (Å²) in [4.78, 5) is 32.6. The van der Waals surface area contributed by atoms with Gasteiger partial charge in [0.25, 0.3) is 5.56 Å². The van der Waals surface area contributed by atoms with Crippen LogP contribution in [0.15, 0.2) is 28.2 Å². The second kappa shape index (κ2) is 9.92. The largest absolute Gasteiger partial charge is 0.383 e. The summed E-state index contributed by atoms with van der Waals surface area (Å²) in [5.41, 5.74) is 1.67. The second-order valence-electron chi connectivity index (χ2n) is 7.20. The maximum Gasteiger partial charge on any atom is 0.263 e. The number of nitrogens with zero attached hydrogens (tertiary/aromatic N) is 2. The average Bonchev–Trinajstić information content (AvgIpc) is 3.13. The Morgan fingerprint density at radius 1 is 1.29 bits per heavy atom. The van der Waals surface area contributed by atoms with E-state index in [0.717, 1.165) is 41.5 Å². The van der Waals surface area contributed by atoms with Gasteiger partial charge in [0.2, 0.25) is 5.91 Å². The first-order valence-electron chi connectivity index (χ1n) is 9.89. The Balaban J connectivity index is 1.59. The predicted octanol–water partition coefficient (Wildman–Crippen LogP) is 5.02. The lowest BCUT2D eigenvalue weighted by atomic mass is 9.97. The molecule has 1 aliphatic rings. The third-order valence-corrected chi connectivity index (χ3v) is 8.00. The van der Waals surface area contributed by atoms with E-state index in [4.69, 9.17) is 32.9 Å². The fraction of sp³-hybridized carbons (Fsp3) is 0.381. The minimum atomic E-state index is -0.221. The van der Waals surface area contributed by atoms with E-state index in [2.05, 4.69) is 5.32 Å². The number of carbonyl (C=O) groups excluding carboxylic acids is 1. The van der Waals surface area contributed by atoms with Crippen LogP contribution in [0.1, 0.15) is 23.3 Å². The van der Waals surface area contributed by atoms with Crippen molar-refractivity contribution < 1.29 is 9.53 Å². The topological polar surface area (TPSA) is 73.2 Å². The summed E-state index contributed by atoms with van der Waals surface area (Å²) in [6.07, 6.45) is 4.17. The minimum Gasteiger partial charge on any atom is -0.383 e. The molecule has 1 aliphatic carbocycles. The second-order valence-corrected chi connectivity index (χ2v) is 10.0. The van der Waals surface area contributed by atoms with Crippen LogP contribution in [0.4, 0.5) is 5.69 Å². The van der Waals surface area contributed by atoms with Crippen LogP contribution in [0.3, 0.4) is 0 Å². The Morgan fingerprint density at radius 3 is 2.87 bits per heavy atom. The van der Waals surface area contributed by atoms with Gasteiger partial charge in [-0.2, -0.15) is 0 Å². The number of benzene rings is 1. The zero-order valence-corrected chi connectivity index (χ0v) is 20.0. The normalized spacial score (nSPS) is 13.4. The van der Waals surface area contributed by atoms with Crippen molar-refractivity contribution in [2.24, 2.45) is 0 Å². The lowest BCUT2D eigenvalue weighted by Gasteiger charge is -2.13. The number of nitrogens with one attached hydrogen (secondary N) is 1. The number of thioether (sulfide) groups is 1. The molecular weight excluding hydrogens is 477 g/mol. The highest BCUT2D eigenvalue weighted by atomic mass is 35.5. The number of aromatic nitrogens is 2. The van der Waals surface area contributed by atoms with E-state index in [1.54, 1.807) is 41.2 Å². The van der Waals surface area contributed by atoms with Crippen LogP contribution >= 0.6 is 46.3 Å². The molecule has 0 aliphatic heterocycles. The van der Waals surface area contributed by atoms with Gasteiger partial charge < -0.3 is 10.1 Å². The molecule has 164 valence electrons. The van der Waals surface area contributed by atoms with Crippen LogP contribution in [0.2, 0.25) is 10.0 Å². The molecule has 0 spiro atoms. The van der Waals surface area contributed by atoms with E-state index in [1.165, 1.54) is 16.6 Å². The van der Waals surface area contributed by atoms with Gasteiger partial charge in [-0.3, -0.25) is 14.2 Å². The van der Waals surface area contributed by atoms with Gasteiger partial charge in [0.15, 0.2) is 5.16 Å². The highest BCUT2D eigenvalue weighted by Crippen LogP contribution is 2.34. The fourth-order valence-corrected chi connectivity index (χ4v) is 6.04. The van der Waals surface area contributed by atoms with Gasteiger partial charge in [-0.1, -0.05) is 35.0 Å². The molecule has 1 amide bonds. The van der Waals surface area contributed by atoms with E-state index in [-0.39, 0.29) is 17.2 Å². The summed E-state index contributed by atoms with van der Waals surface area (Å²) in [6.45, 7) is 0.780. The van der Waals surface area contributed by atoms with Crippen LogP contribution in [0.5, 0.6) is 0 Å². The van der Waals surface area contributed by atoms with Gasteiger partial charge in [0.1, 0.15) is 4.83 Å². The number of fused-ring (bicyclic) bond motifs is 3. The minimum absolute atomic E-state index is 0.0474. The number of amides is 1. The Labute approximate surface area is 197 Å². The van der Waals surface area contributed by atoms with Crippen LogP contribution < -0.4 is 10.9 Å². The van der Waals surface area contributed by atoms with E-state index in [9.17, 15) is 9.59 Å². The summed E-state index contributed by atoms with van der Waals surface area (Å²) >= 11 is 14.8. The Hall–Kier alpha value is -1.58. The van der Waals surface area contributed by atoms with Crippen LogP contribution in [-0.4, -0.2) is 34.9 Å². The van der Waals surface area contributed by atoms with Crippen molar-refractivity contribution in [1.82, 2.24) is 9.55 Å². The molecule has 0 radical (unpaired) electrons. The predicted molar refractivity (Wildman–Crippen MR) is 128 cm³/mol. The van der Waals surface area contributed by atoms with Crippen LogP contribution in [0.25, 0.3) is 10.2 Å². The number of halogens is 2. The molecule has 0 fully saturated rings. The molecule has 0 saturated carbocycles. The van der Waals surface area contributed by atoms with Crippen molar-refractivity contribution in [3.05, 3.63) is 49.0 Å². The SMILES string of the molecule is COCCn1c(SCC(=O)Nc2ccc(Cl)c(Cl)c2)nc2sc3c(c2c1=O)CCCC3. The van der Waals surface area contributed by atoms with E-state index < -0.39 is 0 Å². The number of anilines is 1. The van der Waals surface area contributed by atoms with Crippen LogP contribution in [-0.2, 0) is 28.9 Å². The first kappa shape index (κ1) is 22.6. The van der Waals surface area contributed by atoms with Crippen molar-refractivity contribution in [1.29, 1.82) is 0 Å². The molecular formula is C21H21Cl2N3O3S2. The third-order valence-electron chi connectivity index (χ3n) is 5.09. The molecule has 0 atom stereocenters. The number of carbonyl (C=O) groups is 1. The zero-order chi connectivity index (χ0) is 22.0. The lowest BCUT2D eigenvalue weighted by Crippen LogP contribution is -2.26. The first-order chi connectivity index (χ1) is 15.0. The highest BCUT2D eigenvalue weighted by molar-refractivity contribution is 7.99. The average molecular weight is 498 g/mol. The molecule has 2 aromatic heterocycles. The summed E-state index contributed by atoms with van der Waals surface area (Å²) in [6, 6.07) is 4.91. The molecule has 0 saturated heterocycles. The van der Waals surface area contributed by atoms with Crippen molar-refractivity contribution in [2.45, 2.75) is 37.4 Å². The molecule has 10 heteroatoms. The molecule has 1 aromatic carbocycles. The summed E-state index contributed by atoms with van der Waals surface area (Å²) in [5.74, 6) is -0.113. The zero-order valence-electron chi connectivity index (χ0n) is 16.9. The monoisotopic (exact) mass is 497 g/mol. The molecule has 31 heavy (non-hydrogen) atoms. The van der Waals surface area contributed by atoms with Gasteiger partial charge in [-0.25, -0.2) is 4.98 Å². The molecule has 3 aromatic rings. The quantitative estimate of drug-likeness (QED) is 0.366. The molecule has 2 heterocycles. The van der Waals surface area contributed by atoms with Crippen molar-refractivity contribution in [2.75, 3.05) is 24.8 Å². The maximum absolute atomic E-state index is 13.3. The maximum atomic E-state index is 13.3. The van der Waals surface area contributed by atoms with Crippen molar-refractivity contribution >= 4 is 68.1 Å². The highest BCUT2D eigenvalue weighted by Gasteiger charge is 2.22. The number of rotatable bonds is 7. The van der Waals surface area contributed by atoms with Gasteiger partial charge in [-0.15, -0.1) is 11.3 Å². The Morgan fingerprint density at radius 2 is 2.10 bits per heavy atom. The van der Waals surface area contributed by atoms with Crippen molar-refractivity contribution in [3.63, 3.8) is 0 Å². The van der Waals surface area contributed by atoms with Gasteiger partial charge >= 0.3 is 0 Å². The molecule has 6 nitrogen and oxygen atoms in total. The summed E-state index contributed by atoms with van der Waals surface area (Å²) in [7, 11) is 1.60. The molecule has 4 rings (SSSR count).